The van der Waals surface area contributed by atoms with Gasteiger partial charge >= 0.3 is 5.97 Å². The van der Waals surface area contributed by atoms with Gasteiger partial charge in [0.1, 0.15) is 10.9 Å². The molecule has 0 aromatic heterocycles. The van der Waals surface area contributed by atoms with Crippen molar-refractivity contribution in [3.05, 3.63) is 23.8 Å². The molecule has 0 aliphatic carbocycles. The van der Waals surface area contributed by atoms with E-state index in [1.165, 1.54) is 55.6 Å². The number of hydrogen-bond donors (Lipinski definition) is 1. The number of nitrogens with zero attached hydrogens (tertiary/aromatic N) is 1. The Hall–Kier alpha value is -2.24. The van der Waals surface area contributed by atoms with Gasteiger partial charge in [-0.05, 0) is 37.1 Å². The van der Waals surface area contributed by atoms with Crippen LogP contribution >= 0.6 is 11.8 Å². The number of nitrogens with one attached hydrogen (secondary N) is 1. The maximum Gasteiger partial charge on any atom is 0.330 e. The Morgan fingerprint density at radius 1 is 1.29 bits per heavy atom. The minimum atomic E-state index is -4.12. The summed E-state index contributed by atoms with van der Waals surface area (Å²) in [6.45, 7) is 3.80. The smallest absolute Gasteiger partial charge is 0.330 e. The van der Waals surface area contributed by atoms with Crippen molar-refractivity contribution in [2.24, 2.45) is 0 Å². The predicted octanol–water partition coefficient (Wildman–Crippen LogP) is 1.87. The van der Waals surface area contributed by atoms with Crippen LogP contribution < -0.4 is 14.8 Å². The fourth-order valence-corrected chi connectivity index (χ4v) is 6.26. The van der Waals surface area contributed by atoms with Crippen LogP contribution in [0.15, 0.2) is 23.1 Å². The maximum atomic E-state index is 13.6. The second-order valence-electron chi connectivity index (χ2n) is 6.84. The minimum absolute atomic E-state index is 0.0238. The van der Waals surface area contributed by atoms with Gasteiger partial charge in [0.25, 0.3) is 0 Å². The van der Waals surface area contributed by atoms with Crippen molar-refractivity contribution >= 4 is 39.7 Å². The lowest BCUT2D eigenvalue weighted by molar-refractivity contribution is -0.134. The predicted molar refractivity (Wildman–Crippen MR) is 119 cm³/mol. The highest BCUT2D eigenvalue weighted by Gasteiger charge is 2.42. The van der Waals surface area contributed by atoms with Crippen LogP contribution in [0.3, 0.4) is 0 Å². The largest absolute Gasteiger partial charge is 0.493 e. The number of sulfonamides is 1. The average molecular weight is 473 g/mol. The van der Waals surface area contributed by atoms with Gasteiger partial charge in [-0.25, -0.2) is 13.2 Å². The van der Waals surface area contributed by atoms with Crippen molar-refractivity contribution < 1.29 is 32.2 Å². The van der Waals surface area contributed by atoms with Gasteiger partial charge in [-0.1, -0.05) is 6.92 Å². The number of thioether (sulfide) groups is 1. The molecule has 9 nitrogen and oxygen atoms in total. The van der Waals surface area contributed by atoms with Crippen molar-refractivity contribution in [3.63, 3.8) is 0 Å². The first-order valence-electron chi connectivity index (χ1n) is 9.61. The molecule has 0 bridgehead atoms. The lowest BCUT2D eigenvalue weighted by Crippen LogP contribution is -2.49. The van der Waals surface area contributed by atoms with Crippen molar-refractivity contribution in [1.82, 2.24) is 9.62 Å². The van der Waals surface area contributed by atoms with Gasteiger partial charge < -0.3 is 19.5 Å². The zero-order valence-corrected chi connectivity index (χ0v) is 19.8. The molecule has 2 rings (SSSR count). The lowest BCUT2D eigenvalue weighted by atomic mass is 10.2. The van der Waals surface area contributed by atoms with E-state index in [0.717, 1.165) is 6.42 Å². The van der Waals surface area contributed by atoms with Gasteiger partial charge in [-0.2, -0.15) is 4.31 Å². The summed E-state index contributed by atoms with van der Waals surface area (Å²) in [6.07, 6.45) is 3.32. The third-order valence-corrected chi connectivity index (χ3v) is 7.85. The average Bonchev–Trinajstić information content (AvgIpc) is 3.27. The van der Waals surface area contributed by atoms with Crippen molar-refractivity contribution in [2.45, 2.75) is 37.2 Å². The van der Waals surface area contributed by atoms with E-state index in [1.807, 2.05) is 13.8 Å². The van der Waals surface area contributed by atoms with E-state index in [4.69, 9.17) is 9.47 Å². The standard InChI is InChI=1S/C20H28N2O7S2/c1-6-13(2)21-20(24)15-11-30-12-22(15)31(25,26)17-10-14(7-8-18(23)28-4)9-16(27-3)19(17)29-5/h7-10,13,15H,6,11-12H2,1-5H3,(H,21,24)/b8-7+. The molecule has 1 heterocycles. The van der Waals surface area contributed by atoms with E-state index < -0.39 is 22.0 Å². The molecule has 1 fully saturated rings. The summed E-state index contributed by atoms with van der Waals surface area (Å²) in [7, 11) is -0.153. The molecule has 2 unspecified atom stereocenters. The van der Waals surface area contributed by atoms with Crippen LogP contribution in [0.1, 0.15) is 25.8 Å². The molecule has 0 radical (unpaired) electrons. The molecule has 11 heteroatoms. The van der Waals surface area contributed by atoms with E-state index in [-0.39, 0.29) is 34.2 Å². The van der Waals surface area contributed by atoms with Crippen LogP contribution in [0.4, 0.5) is 0 Å². The molecule has 31 heavy (non-hydrogen) atoms. The van der Waals surface area contributed by atoms with Gasteiger partial charge in [0.15, 0.2) is 11.5 Å². The molecule has 172 valence electrons. The molecule has 0 spiro atoms. The number of benzene rings is 1. The number of carbonyl (C=O) groups is 2. The van der Waals surface area contributed by atoms with Crippen molar-refractivity contribution in [3.8, 4) is 11.5 Å². The zero-order valence-electron chi connectivity index (χ0n) is 18.2. The Balaban J connectivity index is 2.51. The summed E-state index contributed by atoms with van der Waals surface area (Å²) in [5.74, 6) is -0.235. The molecule has 0 saturated carbocycles. The first-order valence-corrected chi connectivity index (χ1v) is 12.2. The molecular formula is C20H28N2O7S2. The first-order chi connectivity index (χ1) is 14.7. The van der Waals surface area contributed by atoms with Gasteiger partial charge in [-0.3, -0.25) is 4.79 Å². The van der Waals surface area contributed by atoms with Gasteiger partial charge in [-0.15, -0.1) is 11.8 Å². The summed E-state index contributed by atoms with van der Waals surface area (Å²) < 4.78 is 43.6. The van der Waals surface area contributed by atoms with Crippen molar-refractivity contribution in [2.75, 3.05) is 33.0 Å². The number of methoxy groups -OCH3 is 3. The summed E-state index contributed by atoms with van der Waals surface area (Å²) in [4.78, 5) is 24.0. The van der Waals surface area contributed by atoms with Gasteiger partial charge in [0.2, 0.25) is 15.9 Å². The lowest BCUT2D eigenvalue weighted by Gasteiger charge is -2.25. The molecular weight excluding hydrogens is 444 g/mol. The first kappa shape index (κ1) is 25.0. The van der Waals surface area contributed by atoms with E-state index >= 15 is 0 Å². The SMILES string of the molecule is CCC(C)NC(=O)C1CSCN1S(=O)(=O)c1cc(/C=C/C(=O)OC)cc(OC)c1OC. The fraction of sp³-hybridized carbons (Fsp3) is 0.500. The monoisotopic (exact) mass is 472 g/mol. The van der Waals surface area contributed by atoms with Crippen LogP contribution in [0.25, 0.3) is 6.08 Å². The Labute approximate surface area is 187 Å². The quantitative estimate of drug-likeness (QED) is 0.428. The number of rotatable bonds is 9. The van der Waals surface area contributed by atoms with Crippen LogP contribution in [0, 0.1) is 0 Å². The van der Waals surface area contributed by atoms with Crippen LogP contribution in [-0.4, -0.2) is 69.6 Å². The molecule has 1 aromatic rings. The van der Waals surface area contributed by atoms with Gasteiger partial charge in [0.05, 0.1) is 27.2 Å². The highest BCUT2D eigenvalue weighted by molar-refractivity contribution is 8.00. The second kappa shape index (κ2) is 10.9. The fourth-order valence-electron chi connectivity index (χ4n) is 2.91. The topological polar surface area (TPSA) is 111 Å². The maximum absolute atomic E-state index is 13.6. The Kier molecular flexibility index (Phi) is 8.78. The number of carbonyl (C=O) groups excluding carboxylic acids is 2. The van der Waals surface area contributed by atoms with Crippen LogP contribution in [-0.2, 0) is 24.3 Å². The number of amides is 1. The highest BCUT2D eigenvalue weighted by atomic mass is 32.2. The number of hydrogen-bond acceptors (Lipinski definition) is 8. The third kappa shape index (κ3) is 5.72. The Morgan fingerprint density at radius 2 is 2.00 bits per heavy atom. The van der Waals surface area contributed by atoms with E-state index in [2.05, 4.69) is 10.1 Å². The normalized spacial score (nSPS) is 18.0. The van der Waals surface area contributed by atoms with E-state index in [1.54, 1.807) is 6.07 Å². The summed E-state index contributed by atoms with van der Waals surface area (Å²) in [5, 5.41) is 2.85. The molecule has 1 saturated heterocycles. The second-order valence-corrected chi connectivity index (χ2v) is 9.70. The molecule has 1 aromatic carbocycles. The summed E-state index contributed by atoms with van der Waals surface area (Å²) in [6, 6.07) is 2.02. The van der Waals surface area contributed by atoms with Crippen LogP contribution in [0.5, 0.6) is 11.5 Å². The Bertz CT molecular complexity index is 947. The highest BCUT2D eigenvalue weighted by Crippen LogP contribution is 2.39. The van der Waals surface area contributed by atoms with E-state index in [9.17, 15) is 18.0 Å². The zero-order chi connectivity index (χ0) is 23.2. The van der Waals surface area contributed by atoms with Gasteiger partial charge in [0, 0.05) is 17.9 Å². The minimum Gasteiger partial charge on any atom is -0.493 e. The molecule has 1 aliphatic heterocycles. The molecule has 1 aliphatic rings. The summed E-state index contributed by atoms with van der Waals surface area (Å²) >= 11 is 1.36. The number of ether oxygens (including phenoxy) is 3. The third-order valence-electron chi connectivity index (χ3n) is 4.81. The molecule has 2 atom stereocenters. The number of esters is 1. The van der Waals surface area contributed by atoms with E-state index in [0.29, 0.717) is 11.3 Å². The molecule has 1 N–H and O–H groups in total. The van der Waals surface area contributed by atoms with Crippen molar-refractivity contribution in [1.29, 1.82) is 0 Å². The van der Waals surface area contributed by atoms with Crippen LogP contribution in [0.2, 0.25) is 0 Å². The molecule has 1 amide bonds. The summed E-state index contributed by atoms with van der Waals surface area (Å²) in [5.41, 5.74) is 0.397. The Morgan fingerprint density at radius 3 is 2.58 bits per heavy atom.